The van der Waals surface area contributed by atoms with Gasteiger partial charge in [0.2, 0.25) is 11.8 Å². The van der Waals surface area contributed by atoms with Gasteiger partial charge in [0, 0.05) is 12.1 Å². The Balaban J connectivity index is 1.96. The van der Waals surface area contributed by atoms with Crippen molar-refractivity contribution in [1.29, 1.82) is 0 Å². The van der Waals surface area contributed by atoms with E-state index in [0.717, 1.165) is 25.7 Å². The molecule has 1 saturated carbocycles. The standard InChI is InChI=1S/C10H17N3O2/c11-7-2-1-3-8(4-7)13-5-9(14)12-10(15)6-13/h7-8H,1-6,11H2,(H,12,14,15). The molecule has 0 radical (unpaired) electrons. The minimum atomic E-state index is -0.189. The van der Waals surface area contributed by atoms with Crippen LogP contribution < -0.4 is 11.1 Å². The third-order valence-electron chi connectivity index (χ3n) is 3.18. The maximum Gasteiger partial charge on any atom is 0.240 e. The van der Waals surface area contributed by atoms with Crippen molar-refractivity contribution in [3.05, 3.63) is 0 Å². The molecule has 5 nitrogen and oxygen atoms in total. The van der Waals surface area contributed by atoms with E-state index in [1.165, 1.54) is 0 Å². The fourth-order valence-corrected chi connectivity index (χ4v) is 2.45. The lowest BCUT2D eigenvalue weighted by atomic mass is 9.90. The molecule has 2 rings (SSSR count). The van der Waals surface area contributed by atoms with Gasteiger partial charge >= 0.3 is 0 Å². The largest absolute Gasteiger partial charge is 0.328 e. The molecule has 1 aliphatic heterocycles. The number of imide groups is 1. The zero-order chi connectivity index (χ0) is 10.8. The predicted octanol–water partition coefficient (Wildman–Crippen LogP) is -0.785. The molecule has 0 spiro atoms. The fraction of sp³-hybridized carbons (Fsp3) is 0.800. The second kappa shape index (κ2) is 4.28. The zero-order valence-corrected chi connectivity index (χ0v) is 8.74. The van der Waals surface area contributed by atoms with Crippen LogP contribution in [0.2, 0.25) is 0 Å². The predicted molar refractivity (Wildman–Crippen MR) is 55.0 cm³/mol. The van der Waals surface area contributed by atoms with Crippen molar-refractivity contribution in [2.75, 3.05) is 13.1 Å². The number of piperazine rings is 1. The smallest absolute Gasteiger partial charge is 0.240 e. The van der Waals surface area contributed by atoms with Gasteiger partial charge in [-0.1, -0.05) is 6.42 Å². The molecule has 2 aliphatic rings. The quantitative estimate of drug-likeness (QED) is 0.558. The van der Waals surface area contributed by atoms with Crippen LogP contribution in [0.1, 0.15) is 25.7 Å². The molecule has 2 amide bonds. The summed E-state index contributed by atoms with van der Waals surface area (Å²) in [5.41, 5.74) is 5.89. The first-order valence-corrected chi connectivity index (χ1v) is 5.47. The monoisotopic (exact) mass is 211 g/mol. The van der Waals surface area contributed by atoms with Crippen molar-refractivity contribution in [1.82, 2.24) is 10.2 Å². The lowest BCUT2D eigenvalue weighted by Gasteiger charge is -2.37. The van der Waals surface area contributed by atoms with Crippen LogP contribution in [-0.4, -0.2) is 41.9 Å². The molecule has 0 bridgehead atoms. The lowest BCUT2D eigenvalue weighted by molar-refractivity contribution is -0.137. The van der Waals surface area contributed by atoms with Crippen LogP contribution in [0.25, 0.3) is 0 Å². The minimum absolute atomic E-state index is 0.189. The van der Waals surface area contributed by atoms with E-state index in [0.29, 0.717) is 19.1 Å². The van der Waals surface area contributed by atoms with E-state index in [2.05, 4.69) is 5.32 Å². The van der Waals surface area contributed by atoms with Gasteiger partial charge in [-0.05, 0) is 19.3 Å². The fourth-order valence-electron chi connectivity index (χ4n) is 2.45. The van der Waals surface area contributed by atoms with Crippen LogP contribution >= 0.6 is 0 Å². The summed E-state index contributed by atoms with van der Waals surface area (Å²) < 4.78 is 0. The van der Waals surface area contributed by atoms with Crippen molar-refractivity contribution in [3.63, 3.8) is 0 Å². The summed E-state index contributed by atoms with van der Waals surface area (Å²) in [6.45, 7) is 0.673. The highest BCUT2D eigenvalue weighted by molar-refractivity contribution is 5.99. The average molecular weight is 211 g/mol. The van der Waals surface area contributed by atoms with Gasteiger partial charge in [0.15, 0.2) is 0 Å². The number of nitrogens with two attached hydrogens (primary N) is 1. The van der Waals surface area contributed by atoms with Crippen LogP contribution in [0, 0.1) is 0 Å². The molecule has 0 aromatic heterocycles. The summed E-state index contributed by atoms with van der Waals surface area (Å²) >= 11 is 0. The molecule has 1 heterocycles. The van der Waals surface area contributed by atoms with E-state index >= 15 is 0 Å². The Kier molecular flexibility index (Phi) is 3.02. The first kappa shape index (κ1) is 10.6. The average Bonchev–Trinajstić information content (AvgIpc) is 2.16. The lowest BCUT2D eigenvalue weighted by Crippen LogP contribution is -2.56. The Hall–Kier alpha value is -0.940. The molecular weight excluding hydrogens is 194 g/mol. The Morgan fingerprint density at radius 1 is 1.20 bits per heavy atom. The summed E-state index contributed by atoms with van der Waals surface area (Å²) in [7, 11) is 0. The third-order valence-corrected chi connectivity index (χ3v) is 3.18. The normalized spacial score (nSPS) is 33.9. The van der Waals surface area contributed by atoms with Crippen LogP contribution in [0.3, 0.4) is 0 Å². The van der Waals surface area contributed by atoms with E-state index in [1.807, 2.05) is 4.90 Å². The van der Waals surface area contributed by atoms with Crippen LogP contribution in [-0.2, 0) is 9.59 Å². The van der Waals surface area contributed by atoms with E-state index in [9.17, 15) is 9.59 Å². The van der Waals surface area contributed by atoms with E-state index < -0.39 is 0 Å². The topological polar surface area (TPSA) is 75.4 Å². The van der Waals surface area contributed by atoms with E-state index in [1.54, 1.807) is 0 Å². The Morgan fingerprint density at radius 3 is 2.47 bits per heavy atom. The number of rotatable bonds is 1. The summed E-state index contributed by atoms with van der Waals surface area (Å²) in [5, 5.41) is 2.31. The maximum atomic E-state index is 11.2. The van der Waals surface area contributed by atoms with Crippen molar-refractivity contribution in [2.45, 2.75) is 37.8 Å². The van der Waals surface area contributed by atoms with Gasteiger partial charge in [-0.2, -0.15) is 0 Å². The van der Waals surface area contributed by atoms with Crippen LogP contribution in [0.15, 0.2) is 0 Å². The van der Waals surface area contributed by atoms with Gasteiger partial charge in [-0.3, -0.25) is 19.8 Å². The maximum absolute atomic E-state index is 11.2. The van der Waals surface area contributed by atoms with Crippen molar-refractivity contribution >= 4 is 11.8 Å². The number of carbonyl (C=O) groups is 2. The third kappa shape index (κ3) is 2.54. The molecule has 0 aromatic rings. The highest BCUT2D eigenvalue weighted by atomic mass is 16.2. The summed E-state index contributed by atoms with van der Waals surface area (Å²) in [5.74, 6) is -0.379. The first-order valence-electron chi connectivity index (χ1n) is 5.47. The van der Waals surface area contributed by atoms with Crippen LogP contribution in [0.4, 0.5) is 0 Å². The molecule has 5 heteroatoms. The summed E-state index contributed by atoms with van der Waals surface area (Å²) in [6, 6.07) is 0.535. The Bertz CT molecular complexity index is 264. The van der Waals surface area contributed by atoms with E-state index in [4.69, 9.17) is 5.73 Å². The molecule has 2 fully saturated rings. The zero-order valence-electron chi connectivity index (χ0n) is 8.74. The van der Waals surface area contributed by atoms with Crippen molar-refractivity contribution in [2.24, 2.45) is 5.73 Å². The van der Waals surface area contributed by atoms with Gasteiger partial charge in [-0.15, -0.1) is 0 Å². The molecule has 84 valence electrons. The Morgan fingerprint density at radius 2 is 1.87 bits per heavy atom. The number of hydrogen-bond acceptors (Lipinski definition) is 4. The first-order chi connectivity index (χ1) is 7.15. The van der Waals surface area contributed by atoms with Gasteiger partial charge in [0.25, 0.3) is 0 Å². The van der Waals surface area contributed by atoms with Gasteiger partial charge in [-0.25, -0.2) is 0 Å². The number of carbonyl (C=O) groups excluding carboxylic acids is 2. The molecule has 3 N–H and O–H groups in total. The summed E-state index contributed by atoms with van der Waals surface area (Å²) in [6.07, 6.45) is 4.11. The number of amides is 2. The van der Waals surface area contributed by atoms with Crippen molar-refractivity contribution < 1.29 is 9.59 Å². The van der Waals surface area contributed by atoms with Crippen LogP contribution in [0.5, 0.6) is 0 Å². The van der Waals surface area contributed by atoms with Gasteiger partial charge < -0.3 is 5.73 Å². The molecule has 15 heavy (non-hydrogen) atoms. The SMILES string of the molecule is NC1CCCC(N2CC(=O)NC(=O)C2)C1. The summed E-state index contributed by atoms with van der Waals surface area (Å²) in [4.78, 5) is 24.4. The Labute approximate surface area is 89.0 Å². The number of nitrogens with zero attached hydrogens (tertiary/aromatic N) is 1. The van der Waals surface area contributed by atoms with Crippen molar-refractivity contribution in [3.8, 4) is 0 Å². The van der Waals surface area contributed by atoms with Gasteiger partial charge in [0.1, 0.15) is 0 Å². The molecule has 2 atom stereocenters. The molecule has 2 unspecified atom stereocenters. The number of nitrogens with one attached hydrogen (secondary N) is 1. The minimum Gasteiger partial charge on any atom is -0.328 e. The molecule has 0 aromatic carbocycles. The van der Waals surface area contributed by atoms with E-state index in [-0.39, 0.29) is 17.9 Å². The highest BCUT2D eigenvalue weighted by Crippen LogP contribution is 2.22. The molecular formula is C10H17N3O2. The molecule has 1 aliphatic carbocycles. The highest BCUT2D eigenvalue weighted by Gasteiger charge is 2.30. The van der Waals surface area contributed by atoms with Gasteiger partial charge in [0.05, 0.1) is 13.1 Å². The number of hydrogen-bond donors (Lipinski definition) is 2. The second-order valence-corrected chi connectivity index (χ2v) is 4.46. The second-order valence-electron chi connectivity index (χ2n) is 4.46. The molecule has 1 saturated heterocycles.